The molecule has 1 saturated carbocycles. The van der Waals surface area contributed by atoms with Crippen LogP contribution in [0, 0.1) is 6.85 Å². The molecular weight excluding hydrogens is 136 g/mol. The minimum Gasteiger partial charge on any atom is -0.398 e. The highest BCUT2D eigenvalue weighted by atomic mass is 14.7. The van der Waals surface area contributed by atoms with Gasteiger partial charge in [-0.25, -0.2) is 0 Å². The predicted octanol–water partition coefficient (Wildman–Crippen LogP) is 1.85. The number of hydrogen-bond acceptors (Lipinski definition) is 2. The second-order valence-electron chi connectivity index (χ2n) is 2.80. The van der Waals surface area contributed by atoms with Crippen molar-refractivity contribution in [3.8, 4) is 0 Å². The van der Waals surface area contributed by atoms with Gasteiger partial charge in [0.05, 0.1) is 2.74 Å². The van der Waals surface area contributed by atoms with Gasteiger partial charge in [-0.05, 0) is 37.2 Å². The Morgan fingerprint density at radius 3 is 3.27 bits per heavy atom. The molecule has 2 N–H and O–H groups in total. The molecule has 0 aromatic carbocycles. The Hall–Kier alpha value is -1.05. The Labute approximate surface area is 73.5 Å². The lowest BCUT2D eigenvalue weighted by Gasteiger charge is -2.05. The highest BCUT2D eigenvalue weighted by molar-refractivity contribution is 5.51. The summed E-state index contributed by atoms with van der Waals surface area (Å²) in [5, 5.41) is 0. The lowest BCUT2D eigenvalue weighted by molar-refractivity contribution is 1.04. The highest BCUT2D eigenvalue weighted by Crippen LogP contribution is 2.43. The number of hydrogen-bond donors (Lipinski definition) is 1. The molecule has 0 amide bonds. The van der Waals surface area contributed by atoms with Crippen LogP contribution in [0.25, 0.3) is 0 Å². The molecule has 0 unspecified atom stereocenters. The van der Waals surface area contributed by atoms with Crippen molar-refractivity contribution in [2.24, 2.45) is 0 Å². The van der Waals surface area contributed by atoms with E-state index in [1.165, 1.54) is 0 Å². The van der Waals surface area contributed by atoms with E-state index in [-0.39, 0.29) is 29.5 Å². The van der Waals surface area contributed by atoms with Crippen molar-refractivity contribution in [2.75, 3.05) is 5.73 Å². The minimum atomic E-state index is -2.37. The van der Waals surface area contributed by atoms with Gasteiger partial charge >= 0.3 is 0 Å². The van der Waals surface area contributed by atoms with Gasteiger partial charge in [-0.3, -0.25) is 4.98 Å². The van der Waals surface area contributed by atoms with Crippen LogP contribution in [-0.4, -0.2) is 4.98 Å². The van der Waals surface area contributed by atoms with Crippen molar-refractivity contribution >= 4 is 5.69 Å². The molecule has 11 heavy (non-hydrogen) atoms. The van der Waals surface area contributed by atoms with Crippen molar-refractivity contribution in [1.29, 1.82) is 0 Å². The molecule has 1 aromatic heterocycles. The monoisotopic (exact) mass is 153 g/mol. The van der Waals surface area contributed by atoms with Gasteiger partial charge in [-0.2, -0.15) is 0 Å². The lowest BCUT2D eigenvalue weighted by atomic mass is 10.1. The zero-order chi connectivity index (χ0) is 12.1. The molecule has 1 aromatic rings. The summed E-state index contributed by atoms with van der Waals surface area (Å²) in [6, 6.07) is -0.171. The van der Waals surface area contributed by atoms with Crippen LogP contribution >= 0.6 is 0 Å². The van der Waals surface area contributed by atoms with Crippen LogP contribution in [0.2, 0.25) is 0 Å². The minimum absolute atomic E-state index is 0.103. The number of anilines is 1. The first-order valence-electron chi connectivity index (χ1n) is 6.09. The van der Waals surface area contributed by atoms with E-state index in [1.807, 2.05) is 0 Å². The van der Waals surface area contributed by atoms with Crippen LogP contribution in [0.1, 0.15) is 36.9 Å². The van der Waals surface area contributed by atoms with E-state index in [4.69, 9.17) is 12.6 Å². The maximum absolute atomic E-state index is 7.55. The summed E-state index contributed by atoms with van der Waals surface area (Å²) < 4.78 is 37.1. The number of nitrogens with two attached hydrogens (primary N) is 1. The summed E-state index contributed by atoms with van der Waals surface area (Å²) in [6.45, 7) is -2.37. The van der Waals surface area contributed by atoms with Crippen LogP contribution in [0.15, 0.2) is 12.2 Å². The molecule has 1 aliphatic carbocycles. The molecule has 0 spiro atoms. The molecular formula is C9H12N2. The molecule has 2 heteroatoms. The molecule has 1 aliphatic rings. The fourth-order valence-corrected chi connectivity index (χ4v) is 1.18. The van der Waals surface area contributed by atoms with Crippen molar-refractivity contribution in [3.63, 3.8) is 0 Å². The molecule has 58 valence electrons. The van der Waals surface area contributed by atoms with Gasteiger partial charge in [-0.15, -0.1) is 0 Å². The van der Waals surface area contributed by atoms with Crippen molar-refractivity contribution in [1.82, 2.24) is 4.98 Å². The van der Waals surface area contributed by atoms with E-state index in [1.54, 1.807) is 0 Å². The second kappa shape index (κ2) is 2.22. The maximum atomic E-state index is 7.55. The smallest absolute Gasteiger partial charge is 0.0841 e. The topological polar surface area (TPSA) is 38.9 Å². The van der Waals surface area contributed by atoms with E-state index in [0.29, 0.717) is 5.56 Å². The summed E-state index contributed by atoms with van der Waals surface area (Å²) in [5.74, 6) is 0.104. The Morgan fingerprint density at radius 2 is 2.64 bits per heavy atom. The Kier molecular flexibility index (Phi) is 0.633. The van der Waals surface area contributed by atoms with Gasteiger partial charge < -0.3 is 5.73 Å². The van der Waals surface area contributed by atoms with Gasteiger partial charge in [0.1, 0.15) is 0 Å². The predicted molar refractivity (Wildman–Crippen MR) is 45.4 cm³/mol. The SMILES string of the molecule is [2H]c1nc(C([2H])([2H])[2H])c(C2CC2)c(N)c1[2H]. The number of nitrogens with zero attached hydrogens (tertiary/aromatic N) is 1. The van der Waals surface area contributed by atoms with E-state index in [2.05, 4.69) is 4.98 Å². The van der Waals surface area contributed by atoms with Gasteiger partial charge in [-0.1, -0.05) is 0 Å². The first-order valence-corrected chi connectivity index (χ1v) is 3.59. The standard InChI is InChI=1S/C9H12N2/c1-6-9(7-2-3-7)8(10)4-5-11-6/h4-5,7H,2-3H2,1H3,(H2,10,11)/i1D3,4D,5D. The number of aromatic nitrogens is 1. The molecule has 0 radical (unpaired) electrons. The molecule has 1 heterocycles. The Balaban J connectivity index is 2.67. The first-order chi connectivity index (χ1) is 7.32. The molecule has 1 fully saturated rings. The number of aryl methyl sites for hydroxylation is 1. The van der Waals surface area contributed by atoms with Crippen LogP contribution < -0.4 is 5.73 Å². The summed E-state index contributed by atoms with van der Waals surface area (Å²) in [6.07, 6.45) is 1.39. The summed E-state index contributed by atoms with van der Waals surface area (Å²) in [4.78, 5) is 3.70. The fourth-order valence-electron chi connectivity index (χ4n) is 1.18. The van der Waals surface area contributed by atoms with Crippen molar-refractivity contribution in [2.45, 2.75) is 25.6 Å². The molecule has 0 saturated heterocycles. The summed E-state index contributed by atoms with van der Waals surface area (Å²) in [7, 11) is 0. The number of nitrogen functional groups attached to an aromatic ring is 1. The molecule has 0 aliphatic heterocycles. The molecule has 0 atom stereocenters. The average molecular weight is 153 g/mol. The summed E-state index contributed by atoms with van der Waals surface area (Å²) >= 11 is 0. The van der Waals surface area contributed by atoms with Gasteiger partial charge in [0.15, 0.2) is 0 Å². The Morgan fingerprint density at radius 1 is 1.82 bits per heavy atom. The maximum Gasteiger partial charge on any atom is 0.0841 e. The van der Waals surface area contributed by atoms with Crippen LogP contribution in [-0.2, 0) is 0 Å². The zero-order valence-electron chi connectivity index (χ0n) is 11.0. The lowest BCUT2D eigenvalue weighted by Crippen LogP contribution is -1.97. The fraction of sp³-hybridized carbons (Fsp3) is 0.444. The third kappa shape index (κ3) is 1.09. The van der Waals surface area contributed by atoms with E-state index in [9.17, 15) is 0 Å². The van der Waals surface area contributed by atoms with Gasteiger partial charge in [0, 0.05) is 21.7 Å². The molecule has 0 bridgehead atoms. The van der Waals surface area contributed by atoms with Gasteiger partial charge in [0.2, 0.25) is 0 Å². The van der Waals surface area contributed by atoms with E-state index < -0.39 is 6.85 Å². The van der Waals surface area contributed by atoms with Gasteiger partial charge in [0.25, 0.3) is 0 Å². The van der Waals surface area contributed by atoms with E-state index >= 15 is 0 Å². The Bertz CT molecular complexity index is 437. The van der Waals surface area contributed by atoms with Crippen LogP contribution in [0.5, 0.6) is 0 Å². The normalized spacial score (nSPS) is 24.5. The average Bonchev–Trinajstić information content (AvgIpc) is 2.95. The quantitative estimate of drug-likeness (QED) is 0.668. The van der Waals surface area contributed by atoms with Crippen molar-refractivity contribution < 1.29 is 6.85 Å². The zero-order valence-corrected chi connectivity index (χ0v) is 6.02. The summed E-state index contributed by atoms with van der Waals surface area (Å²) in [5.41, 5.74) is 6.19. The second-order valence-corrected chi connectivity index (χ2v) is 2.80. The largest absolute Gasteiger partial charge is 0.398 e. The third-order valence-corrected chi connectivity index (χ3v) is 1.89. The van der Waals surface area contributed by atoms with Crippen molar-refractivity contribution in [3.05, 3.63) is 23.5 Å². The number of pyridine rings is 1. The highest BCUT2D eigenvalue weighted by Gasteiger charge is 2.27. The number of rotatable bonds is 1. The van der Waals surface area contributed by atoms with E-state index in [0.717, 1.165) is 12.8 Å². The van der Waals surface area contributed by atoms with Crippen LogP contribution in [0.4, 0.5) is 5.69 Å². The third-order valence-electron chi connectivity index (χ3n) is 1.89. The first kappa shape index (κ1) is 3.13. The molecule has 2 rings (SSSR count). The molecule has 2 nitrogen and oxygen atoms in total. The van der Waals surface area contributed by atoms with Crippen LogP contribution in [0.3, 0.4) is 0 Å².